The van der Waals surface area contributed by atoms with Crippen LogP contribution in [0.3, 0.4) is 0 Å². The zero-order chi connectivity index (χ0) is 14.7. The number of fused-ring (bicyclic) bond motifs is 1. The molecule has 0 bridgehead atoms. The van der Waals surface area contributed by atoms with E-state index in [9.17, 15) is 4.79 Å². The fourth-order valence-corrected chi connectivity index (χ4v) is 2.20. The molecule has 3 aromatic rings. The van der Waals surface area contributed by atoms with E-state index in [1.807, 2.05) is 37.3 Å². The lowest BCUT2D eigenvalue weighted by atomic mass is 10.1. The SMILES string of the molecule is CC(Cc1ccccc1)Oc1nc2cnccc2c(=O)[nH]1. The van der Waals surface area contributed by atoms with Crippen molar-refractivity contribution < 1.29 is 4.74 Å². The Bertz CT molecular complexity index is 799. The molecule has 2 aromatic heterocycles. The maximum Gasteiger partial charge on any atom is 0.297 e. The minimum absolute atomic E-state index is 0.0929. The molecule has 5 nitrogen and oxygen atoms in total. The number of H-pyrrole nitrogens is 1. The van der Waals surface area contributed by atoms with E-state index >= 15 is 0 Å². The second-order valence-electron chi connectivity index (χ2n) is 4.88. The topological polar surface area (TPSA) is 67.9 Å². The molecule has 3 rings (SSSR count). The maximum atomic E-state index is 11.9. The van der Waals surface area contributed by atoms with Crippen LogP contribution in [0.25, 0.3) is 10.9 Å². The molecule has 0 aliphatic rings. The number of nitrogens with one attached hydrogen (secondary N) is 1. The number of rotatable bonds is 4. The summed E-state index contributed by atoms with van der Waals surface area (Å²) < 4.78 is 5.71. The summed E-state index contributed by atoms with van der Waals surface area (Å²) in [6.45, 7) is 1.94. The highest BCUT2D eigenvalue weighted by atomic mass is 16.5. The van der Waals surface area contributed by atoms with Crippen LogP contribution in [0.2, 0.25) is 0 Å². The van der Waals surface area contributed by atoms with Crippen molar-refractivity contribution in [3.63, 3.8) is 0 Å². The zero-order valence-electron chi connectivity index (χ0n) is 11.6. The van der Waals surface area contributed by atoms with E-state index in [1.165, 1.54) is 5.56 Å². The largest absolute Gasteiger partial charge is 0.461 e. The van der Waals surface area contributed by atoms with Crippen LogP contribution in [-0.2, 0) is 6.42 Å². The molecule has 0 radical (unpaired) electrons. The Morgan fingerprint density at radius 1 is 1.24 bits per heavy atom. The molecule has 2 heterocycles. The Morgan fingerprint density at radius 2 is 2.05 bits per heavy atom. The first-order chi connectivity index (χ1) is 10.2. The second kappa shape index (κ2) is 5.75. The smallest absolute Gasteiger partial charge is 0.297 e. The van der Waals surface area contributed by atoms with Gasteiger partial charge in [0.05, 0.1) is 17.1 Å². The average Bonchev–Trinajstić information content (AvgIpc) is 2.48. The summed E-state index contributed by atoms with van der Waals surface area (Å²) >= 11 is 0. The van der Waals surface area contributed by atoms with Crippen LogP contribution in [0, 0.1) is 0 Å². The lowest BCUT2D eigenvalue weighted by Crippen LogP contribution is -2.19. The number of nitrogens with zero attached hydrogens (tertiary/aromatic N) is 2. The van der Waals surface area contributed by atoms with Crippen molar-refractivity contribution in [2.75, 3.05) is 0 Å². The third-order valence-corrected chi connectivity index (χ3v) is 3.17. The molecule has 0 saturated carbocycles. The Labute approximate surface area is 121 Å². The Morgan fingerprint density at radius 3 is 2.86 bits per heavy atom. The van der Waals surface area contributed by atoms with E-state index in [4.69, 9.17) is 4.74 Å². The molecule has 0 spiro atoms. The molecule has 0 amide bonds. The van der Waals surface area contributed by atoms with Crippen LogP contribution in [0.1, 0.15) is 12.5 Å². The van der Waals surface area contributed by atoms with E-state index in [0.717, 1.165) is 6.42 Å². The first-order valence-corrected chi connectivity index (χ1v) is 6.77. The second-order valence-corrected chi connectivity index (χ2v) is 4.88. The van der Waals surface area contributed by atoms with Crippen LogP contribution in [0.15, 0.2) is 53.6 Å². The van der Waals surface area contributed by atoms with E-state index in [-0.39, 0.29) is 17.7 Å². The Kier molecular flexibility index (Phi) is 3.64. The molecular formula is C16H15N3O2. The summed E-state index contributed by atoms with van der Waals surface area (Å²) in [5.41, 5.74) is 1.49. The molecule has 1 unspecified atom stereocenters. The molecule has 1 N–H and O–H groups in total. The predicted octanol–water partition coefficient (Wildman–Crippen LogP) is 2.33. The Hall–Kier alpha value is -2.69. The summed E-state index contributed by atoms with van der Waals surface area (Å²) in [7, 11) is 0. The van der Waals surface area contributed by atoms with Gasteiger partial charge in [0.2, 0.25) is 0 Å². The van der Waals surface area contributed by atoms with Crippen molar-refractivity contribution in [1.82, 2.24) is 15.0 Å². The van der Waals surface area contributed by atoms with Crippen LogP contribution in [0.4, 0.5) is 0 Å². The first kappa shape index (κ1) is 13.3. The molecular weight excluding hydrogens is 266 g/mol. The summed E-state index contributed by atoms with van der Waals surface area (Å²) in [4.78, 5) is 22.8. The predicted molar refractivity (Wildman–Crippen MR) is 80.4 cm³/mol. The van der Waals surface area contributed by atoms with Gasteiger partial charge in [-0.2, -0.15) is 4.98 Å². The summed E-state index contributed by atoms with van der Waals surface area (Å²) in [6, 6.07) is 11.9. The van der Waals surface area contributed by atoms with E-state index < -0.39 is 0 Å². The quantitative estimate of drug-likeness (QED) is 0.797. The van der Waals surface area contributed by atoms with Gasteiger partial charge in [0.1, 0.15) is 6.10 Å². The summed E-state index contributed by atoms with van der Waals surface area (Å²) in [5.74, 6) is 0. The molecule has 0 aliphatic heterocycles. The van der Waals surface area contributed by atoms with Gasteiger partial charge in [-0.3, -0.25) is 14.8 Å². The number of aromatic amines is 1. The van der Waals surface area contributed by atoms with Crippen LogP contribution < -0.4 is 10.3 Å². The summed E-state index contributed by atoms with van der Waals surface area (Å²) in [5, 5.41) is 0.507. The fourth-order valence-electron chi connectivity index (χ4n) is 2.20. The van der Waals surface area contributed by atoms with Gasteiger partial charge in [-0.15, -0.1) is 0 Å². The van der Waals surface area contributed by atoms with E-state index in [0.29, 0.717) is 10.9 Å². The van der Waals surface area contributed by atoms with E-state index in [1.54, 1.807) is 18.5 Å². The van der Waals surface area contributed by atoms with E-state index in [2.05, 4.69) is 15.0 Å². The highest BCUT2D eigenvalue weighted by Gasteiger charge is 2.09. The molecule has 5 heteroatoms. The van der Waals surface area contributed by atoms with Crippen molar-refractivity contribution in [2.24, 2.45) is 0 Å². The number of pyridine rings is 1. The highest BCUT2D eigenvalue weighted by molar-refractivity contribution is 5.76. The van der Waals surface area contributed by atoms with Crippen LogP contribution in [-0.4, -0.2) is 21.1 Å². The van der Waals surface area contributed by atoms with Gasteiger partial charge in [0.25, 0.3) is 11.6 Å². The minimum Gasteiger partial charge on any atom is -0.461 e. The number of aromatic nitrogens is 3. The molecule has 21 heavy (non-hydrogen) atoms. The molecule has 1 aromatic carbocycles. The average molecular weight is 281 g/mol. The lowest BCUT2D eigenvalue weighted by Gasteiger charge is -2.13. The lowest BCUT2D eigenvalue weighted by molar-refractivity contribution is 0.204. The zero-order valence-corrected chi connectivity index (χ0v) is 11.6. The van der Waals surface area contributed by atoms with Crippen molar-refractivity contribution in [3.8, 4) is 6.01 Å². The van der Waals surface area contributed by atoms with Gasteiger partial charge in [-0.05, 0) is 18.6 Å². The number of hydrogen-bond donors (Lipinski definition) is 1. The van der Waals surface area contributed by atoms with Gasteiger partial charge >= 0.3 is 0 Å². The fraction of sp³-hybridized carbons (Fsp3) is 0.188. The normalized spacial score (nSPS) is 12.2. The standard InChI is InChI=1S/C16H15N3O2/c1-11(9-12-5-3-2-4-6-12)21-16-18-14-10-17-8-7-13(14)15(20)19-16/h2-8,10-11H,9H2,1H3,(H,18,19,20). The molecule has 0 fully saturated rings. The van der Waals surface area contributed by atoms with Gasteiger partial charge in [0.15, 0.2) is 0 Å². The number of benzene rings is 1. The third kappa shape index (κ3) is 3.08. The number of hydrogen-bond acceptors (Lipinski definition) is 4. The highest BCUT2D eigenvalue weighted by Crippen LogP contribution is 2.11. The van der Waals surface area contributed by atoms with Crippen molar-refractivity contribution in [1.29, 1.82) is 0 Å². The monoisotopic (exact) mass is 281 g/mol. The Balaban J connectivity index is 1.80. The van der Waals surface area contributed by atoms with Gasteiger partial charge in [0, 0.05) is 12.6 Å². The van der Waals surface area contributed by atoms with Crippen molar-refractivity contribution in [3.05, 3.63) is 64.7 Å². The molecule has 0 aliphatic carbocycles. The maximum absolute atomic E-state index is 11.9. The minimum atomic E-state index is -0.218. The first-order valence-electron chi connectivity index (χ1n) is 6.77. The van der Waals surface area contributed by atoms with Crippen LogP contribution >= 0.6 is 0 Å². The molecule has 0 saturated heterocycles. The van der Waals surface area contributed by atoms with Crippen molar-refractivity contribution in [2.45, 2.75) is 19.4 Å². The van der Waals surface area contributed by atoms with Gasteiger partial charge < -0.3 is 4.74 Å². The molecule has 1 atom stereocenters. The van der Waals surface area contributed by atoms with Crippen LogP contribution in [0.5, 0.6) is 6.01 Å². The number of ether oxygens (including phenoxy) is 1. The molecule has 106 valence electrons. The summed E-state index contributed by atoms with van der Waals surface area (Å²) in [6.07, 6.45) is 3.77. The van der Waals surface area contributed by atoms with Gasteiger partial charge in [-0.25, -0.2) is 0 Å². The van der Waals surface area contributed by atoms with Gasteiger partial charge in [-0.1, -0.05) is 30.3 Å². The third-order valence-electron chi connectivity index (χ3n) is 3.17. The van der Waals surface area contributed by atoms with Crippen molar-refractivity contribution >= 4 is 10.9 Å².